The molecule has 6 nitrogen and oxygen atoms in total. The molecule has 4 aliphatic rings. The minimum atomic E-state index is -0.851. The molecular weight excluding hydrogens is 392 g/mol. The predicted molar refractivity (Wildman–Crippen MR) is 113 cm³/mol. The van der Waals surface area contributed by atoms with Crippen LogP contribution in [-0.2, 0) is 21.5 Å². The lowest BCUT2D eigenvalue weighted by atomic mass is 9.74. The standard InChI is InChI=1S/C25H20N2O4/c26-13-16-5-7-19-22(11-16)31-15-25(19)18-3-1-2-4-20(18)27(24(25)28)14-17-6-8-21-23(12-17)30-10-9-29-21/h1-8,12,16H,9-11,14-15H2. The average molecular weight is 412 g/mol. The van der Waals surface area contributed by atoms with Crippen LogP contribution >= 0.6 is 0 Å². The third-order valence-corrected chi connectivity index (χ3v) is 6.50. The van der Waals surface area contributed by atoms with Crippen LogP contribution in [0.3, 0.4) is 0 Å². The second kappa shape index (κ2) is 6.64. The Morgan fingerprint density at radius 1 is 1.10 bits per heavy atom. The van der Waals surface area contributed by atoms with Crippen molar-refractivity contribution in [3.8, 4) is 17.6 Å². The molecule has 0 saturated heterocycles. The van der Waals surface area contributed by atoms with E-state index in [1.54, 1.807) is 0 Å². The van der Waals surface area contributed by atoms with Gasteiger partial charge in [-0.3, -0.25) is 4.79 Å². The fourth-order valence-electron chi connectivity index (χ4n) is 5.01. The number of hydrogen-bond acceptors (Lipinski definition) is 5. The summed E-state index contributed by atoms with van der Waals surface area (Å²) >= 11 is 0. The Labute approximate surface area is 179 Å². The van der Waals surface area contributed by atoms with E-state index in [-0.39, 0.29) is 18.4 Å². The number of fused-ring (bicyclic) bond motifs is 4. The monoisotopic (exact) mass is 412 g/mol. The number of carbonyl (C=O) groups is 1. The summed E-state index contributed by atoms with van der Waals surface area (Å²) < 4.78 is 17.4. The van der Waals surface area contributed by atoms with Crippen molar-refractivity contribution < 1.29 is 19.0 Å². The first-order chi connectivity index (χ1) is 15.2. The van der Waals surface area contributed by atoms with Gasteiger partial charge in [0, 0.05) is 17.7 Å². The number of carbonyl (C=O) groups excluding carboxylic acids is 1. The van der Waals surface area contributed by atoms with Gasteiger partial charge in [0.25, 0.3) is 0 Å². The summed E-state index contributed by atoms with van der Waals surface area (Å²) in [5.74, 6) is 2.00. The summed E-state index contributed by atoms with van der Waals surface area (Å²) in [6.07, 6.45) is 4.32. The van der Waals surface area contributed by atoms with Crippen molar-refractivity contribution in [1.82, 2.24) is 0 Å². The topological polar surface area (TPSA) is 71.8 Å². The fourth-order valence-corrected chi connectivity index (χ4v) is 5.01. The van der Waals surface area contributed by atoms with E-state index in [1.165, 1.54) is 0 Å². The van der Waals surface area contributed by atoms with Gasteiger partial charge in [-0.1, -0.05) is 36.4 Å². The molecule has 1 amide bonds. The van der Waals surface area contributed by atoms with Gasteiger partial charge in [-0.15, -0.1) is 0 Å². The van der Waals surface area contributed by atoms with Gasteiger partial charge in [-0.05, 0) is 29.3 Å². The van der Waals surface area contributed by atoms with Gasteiger partial charge in [0.05, 0.1) is 18.5 Å². The lowest BCUT2D eigenvalue weighted by Gasteiger charge is -2.25. The third-order valence-electron chi connectivity index (χ3n) is 6.50. The molecule has 1 spiro atoms. The van der Waals surface area contributed by atoms with Crippen LogP contribution in [0.25, 0.3) is 0 Å². The number of hydrogen-bond donors (Lipinski definition) is 0. The quantitative estimate of drug-likeness (QED) is 0.753. The van der Waals surface area contributed by atoms with E-state index in [9.17, 15) is 10.1 Å². The Balaban J connectivity index is 1.40. The van der Waals surface area contributed by atoms with E-state index in [0.717, 1.165) is 33.9 Å². The molecule has 0 radical (unpaired) electrons. The predicted octanol–water partition coefficient (Wildman–Crippen LogP) is 3.63. The van der Waals surface area contributed by atoms with Gasteiger partial charge < -0.3 is 19.1 Å². The highest BCUT2D eigenvalue weighted by Crippen LogP contribution is 2.53. The Kier molecular flexibility index (Phi) is 3.87. The molecule has 0 fully saturated rings. The SMILES string of the molecule is N#CC1C=CC2=C(C1)OCC21C(=O)N(Cc2ccc3c(c2)OCCO3)c2ccccc21. The van der Waals surface area contributed by atoms with Gasteiger partial charge in [0.15, 0.2) is 11.5 Å². The number of rotatable bonds is 2. The highest BCUT2D eigenvalue weighted by Gasteiger charge is 2.57. The summed E-state index contributed by atoms with van der Waals surface area (Å²) in [7, 11) is 0. The first-order valence-corrected chi connectivity index (χ1v) is 10.4. The Morgan fingerprint density at radius 2 is 1.94 bits per heavy atom. The minimum absolute atomic E-state index is 0.00801. The van der Waals surface area contributed by atoms with Gasteiger partial charge >= 0.3 is 0 Å². The molecule has 0 aromatic heterocycles. The average Bonchev–Trinajstić information content (AvgIpc) is 3.31. The summed E-state index contributed by atoms with van der Waals surface area (Å²) in [4.78, 5) is 15.8. The van der Waals surface area contributed by atoms with Crippen molar-refractivity contribution in [3.63, 3.8) is 0 Å². The Morgan fingerprint density at radius 3 is 2.81 bits per heavy atom. The maximum atomic E-state index is 13.9. The van der Waals surface area contributed by atoms with Crippen LogP contribution in [0.2, 0.25) is 0 Å². The molecule has 0 saturated carbocycles. The van der Waals surface area contributed by atoms with Crippen molar-refractivity contribution in [2.24, 2.45) is 5.92 Å². The molecule has 3 aliphatic heterocycles. The van der Waals surface area contributed by atoms with Crippen LogP contribution in [0.1, 0.15) is 17.5 Å². The van der Waals surface area contributed by atoms with Crippen molar-refractivity contribution in [2.45, 2.75) is 18.4 Å². The van der Waals surface area contributed by atoms with Gasteiger partial charge in [0.1, 0.15) is 31.0 Å². The Bertz CT molecular complexity index is 1210. The van der Waals surface area contributed by atoms with E-state index in [0.29, 0.717) is 31.9 Å². The zero-order valence-electron chi connectivity index (χ0n) is 16.8. The number of allylic oxidation sites excluding steroid dienone is 3. The molecule has 2 unspecified atom stereocenters. The number of nitriles is 1. The van der Waals surface area contributed by atoms with Crippen LogP contribution in [0.5, 0.6) is 11.5 Å². The summed E-state index contributed by atoms with van der Waals surface area (Å²) in [5, 5.41) is 9.29. The minimum Gasteiger partial charge on any atom is -0.496 e. The molecule has 2 aromatic carbocycles. The number of para-hydroxylation sites is 1. The number of nitrogens with zero attached hydrogens (tertiary/aromatic N) is 2. The highest BCUT2D eigenvalue weighted by atomic mass is 16.6. The van der Waals surface area contributed by atoms with Crippen molar-refractivity contribution in [3.05, 3.63) is 77.1 Å². The normalized spacial score (nSPS) is 25.3. The fraction of sp³-hybridized carbons (Fsp3) is 0.280. The largest absolute Gasteiger partial charge is 0.496 e. The molecule has 2 aromatic rings. The van der Waals surface area contributed by atoms with Gasteiger partial charge in [-0.2, -0.15) is 5.26 Å². The van der Waals surface area contributed by atoms with E-state index in [1.807, 2.05) is 59.5 Å². The molecule has 0 bridgehead atoms. The Hall–Kier alpha value is -3.72. The zero-order valence-corrected chi connectivity index (χ0v) is 16.8. The molecule has 1 aliphatic carbocycles. The second-order valence-corrected chi connectivity index (χ2v) is 8.22. The zero-order chi connectivity index (χ0) is 21.0. The van der Waals surface area contributed by atoms with Gasteiger partial charge in [-0.25, -0.2) is 0 Å². The van der Waals surface area contributed by atoms with Crippen LogP contribution < -0.4 is 14.4 Å². The highest BCUT2D eigenvalue weighted by molar-refractivity contribution is 6.11. The molecule has 0 N–H and O–H groups in total. The number of anilines is 1. The molecule has 2 atom stereocenters. The van der Waals surface area contributed by atoms with E-state index in [4.69, 9.17) is 14.2 Å². The first-order valence-electron chi connectivity index (χ1n) is 10.4. The van der Waals surface area contributed by atoms with Crippen LogP contribution in [0.15, 0.2) is 65.9 Å². The van der Waals surface area contributed by atoms with E-state index in [2.05, 4.69) is 6.07 Å². The molecule has 6 rings (SSSR count). The van der Waals surface area contributed by atoms with Crippen molar-refractivity contribution in [2.75, 3.05) is 24.7 Å². The smallest absolute Gasteiger partial charge is 0.246 e. The number of amides is 1. The van der Waals surface area contributed by atoms with E-state index >= 15 is 0 Å². The summed E-state index contributed by atoms with van der Waals surface area (Å²) in [5.41, 5.74) is 2.87. The first kappa shape index (κ1) is 18.1. The summed E-state index contributed by atoms with van der Waals surface area (Å²) in [6.45, 7) is 1.77. The summed E-state index contributed by atoms with van der Waals surface area (Å²) in [6, 6.07) is 16.0. The molecule has 3 heterocycles. The molecule has 154 valence electrons. The number of ether oxygens (including phenoxy) is 3. The number of benzene rings is 2. The van der Waals surface area contributed by atoms with Crippen LogP contribution in [0.4, 0.5) is 5.69 Å². The van der Waals surface area contributed by atoms with E-state index < -0.39 is 5.41 Å². The molecule has 6 heteroatoms. The molecule has 31 heavy (non-hydrogen) atoms. The molecular formula is C25H20N2O4. The maximum absolute atomic E-state index is 13.9. The van der Waals surface area contributed by atoms with Crippen LogP contribution in [-0.4, -0.2) is 25.7 Å². The lowest BCUT2D eigenvalue weighted by Crippen LogP contribution is -2.42. The van der Waals surface area contributed by atoms with Gasteiger partial charge in [0.2, 0.25) is 5.91 Å². The lowest BCUT2D eigenvalue weighted by molar-refractivity contribution is -0.122. The van der Waals surface area contributed by atoms with Crippen LogP contribution in [0, 0.1) is 17.2 Å². The second-order valence-electron chi connectivity index (χ2n) is 8.22. The third kappa shape index (κ3) is 2.53. The van der Waals surface area contributed by atoms with Crippen molar-refractivity contribution in [1.29, 1.82) is 5.26 Å². The maximum Gasteiger partial charge on any atom is 0.246 e. The van der Waals surface area contributed by atoms with Crippen molar-refractivity contribution >= 4 is 11.6 Å².